The van der Waals surface area contributed by atoms with Crippen molar-refractivity contribution in [3.63, 3.8) is 0 Å². The van der Waals surface area contributed by atoms with E-state index in [1.165, 1.54) is 16.9 Å². The number of carbonyl (C=O) groups is 1. The van der Waals surface area contributed by atoms with Crippen molar-refractivity contribution in [2.24, 2.45) is 0 Å². The third kappa shape index (κ3) is 2.82. The topological polar surface area (TPSA) is 87.3 Å². The molecule has 1 amide bonds. The molecule has 1 aliphatic rings. The smallest absolute Gasteiger partial charge is 0.265 e. The zero-order valence-corrected chi connectivity index (χ0v) is 14.2. The van der Waals surface area contributed by atoms with Gasteiger partial charge in [-0.25, -0.2) is 4.98 Å². The lowest BCUT2D eigenvalue weighted by Gasteiger charge is -2.23. The first-order valence-corrected chi connectivity index (χ1v) is 8.83. The molecule has 0 atom stereocenters. The van der Waals surface area contributed by atoms with Crippen LogP contribution in [0, 0.1) is 11.3 Å². The van der Waals surface area contributed by atoms with Gasteiger partial charge in [0.1, 0.15) is 0 Å². The molecule has 6 heteroatoms. The van der Waals surface area contributed by atoms with Crippen LogP contribution in [0.25, 0.3) is 16.6 Å². The molecule has 1 fully saturated rings. The highest BCUT2D eigenvalue weighted by Crippen LogP contribution is 2.19. The van der Waals surface area contributed by atoms with Crippen molar-refractivity contribution in [3.8, 4) is 6.07 Å². The number of rotatable bonds is 2. The van der Waals surface area contributed by atoms with E-state index >= 15 is 0 Å². The molecule has 3 aromatic rings. The van der Waals surface area contributed by atoms with Gasteiger partial charge >= 0.3 is 0 Å². The van der Waals surface area contributed by atoms with E-state index in [-0.39, 0.29) is 17.5 Å². The van der Waals surface area contributed by atoms with Crippen LogP contribution in [-0.4, -0.2) is 21.3 Å². The monoisotopic (exact) mass is 346 g/mol. The molecular weight excluding hydrogens is 328 g/mol. The normalized spacial score (nSPS) is 15.0. The summed E-state index contributed by atoms with van der Waals surface area (Å²) in [4.78, 5) is 30.1. The second-order valence-corrected chi connectivity index (χ2v) is 6.68. The van der Waals surface area contributed by atoms with Crippen molar-refractivity contribution in [3.05, 3.63) is 58.0 Å². The standard InChI is InChI=1S/C20H18N4O2/c21-12-13-8-9-17-16(11-13)20(26)24-10-4-7-15(18(24)23-17)19(25)22-14-5-2-1-3-6-14/h4,7-11,14H,1-3,5-6H2,(H,22,25). The van der Waals surface area contributed by atoms with Crippen LogP contribution in [0.4, 0.5) is 0 Å². The molecule has 1 N–H and O–H groups in total. The first-order chi connectivity index (χ1) is 12.7. The van der Waals surface area contributed by atoms with Crippen molar-refractivity contribution in [1.29, 1.82) is 5.26 Å². The molecule has 4 rings (SSSR count). The Morgan fingerprint density at radius 2 is 2.04 bits per heavy atom. The van der Waals surface area contributed by atoms with Gasteiger partial charge < -0.3 is 5.32 Å². The minimum absolute atomic E-state index is 0.182. The van der Waals surface area contributed by atoms with Crippen LogP contribution in [0.3, 0.4) is 0 Å². The number of benzene rings is 1. The average molecular weight is 346 g/mol. The maximum atomic E-state index is 12.8. The number of hydrogen-bond donors (Lipinski definition) is 1. The highest BCUT2D eigenvalue weighted by Gasteiger charge is 2.19. The second kappa shape index (κ2) is 6.60. The number of nitrogens with zero attached hydrogens (tertiary/aromatic N) is 3. The lowest BCUT2D eigenvalue weighted by Crippen LogP contribution is -2.36. The number of amides is 1. The van der Waals surface area contributed by atoms with Gasteiger partial charge in [0.25, 0.3) is 11.5 Å². The molecule has 2 aromatic heterocycles. The number of fused-ring (bicyclic) bond motifs is 2. The molecule has 6 nitrogen and oxygen atoms in total. The van der Waals surface area contributed by atoms with Gasteiger partial charge in [0.15, 0.2) is 5.65 Å². The fourth-order valence-electron chi connectivity index (χ4n) is 3.58. The van der Waals surface area contributed by atoms with Gasteiger partial charge in [-0.3, -0.25) is 14.0 Å². The lowest BCUT2D eigenvalue weighted by atomic mass is 9.95. The Morgan fingerprint density at radius 3 is 2.81 bits per heavy atom. The molecule has 130 valence electrons. The maximum absolute atomic E-state index is 12.8. The van der Waals surface area contributed by atoms with Crippen molar-refractivity contribution in [2.75, 3.05) is 0 Å². The maximum Gasteiger partial charge on any atom is 0.265 e. The SMILES string of the molecule is N#Cc1ccc2nc3c(C(=O)NC4CCCCC4)cccn3c(=O)c2c1. The van der Waals surface area contributed by atoms with Crippen molar-refractivity contribution in [2.45, 2.75) is 38.1 Å². The molecule has 1 saturated carbocycles. The molecule has 2 heterocycles. The van der Waals surface area contributed by atoms with Crippen LogP contribution in [-0.2, 0) is 0 Å². The van der Waals surface area contributed by atoms with Gasteiger partial charge in [-0.05, 0) is 43.2 Å². The number of nitrogens with one attached hydrogen (secondary N) is 1. The molecule has 0 saturated heterocycles. The zero-order valence-electron chi connectivity index (χ0n) is 14.2. The van der Waals surface area contributed by atoms with Gasteiger partial charge in [0.05, 0.1) is 28.1 Å². The van der Waals surface area contributed by atoms with Crippen molar-refractivity contribution < 1.29 is 4.79 Å². The van der Waals surface area contributed by atoms with Gasteiger partial charge in [0.2, 0.25) is 0 Å². The molecular formula is C20H18N4O2. The highest BCUT2D eigenvalue weighted by molar-refractivity contribution is 6.00. The second-order valence-electron chi connectivity index (χ2n) is 6.68. The molecule has 0 bridgehead atoms. The number of aromatic nitrogens is 2. The summed E-state index contributed by atoms with van der Waals surface area (Å²) in [6, 6.07) is 10.4. The highest BCUT2D eigenvalue weighted by atomic mass is 16.2. The van der Waals surface area contributed by atoms with E-state index in [1.807, 2.05) is 6.07 Å². The van der Waals surface area contributed by atoms with E-state index < -0.39 is 0 Å². The van der Waals surface area contributed by atoms with Gasteiger partial charge in [-0.2, -0.15) is 5.26 Å². The van der Waals surface area contributed by atoms with E-state index in [0.29, 0.717) is 27.7 Å². The molecule has 0 radical (unpaired) electrons. The van der Waals surface area contributed by atoms with Gasteiger partial charge in [0, 0.05) is 12.2 Å². The third-order valence-corrected chi connectivity index (χ3v) is 4.95. The Bertz CT molecular complexity index is 1100. The van der Waals surface area contributed by atoms with E-state index in [9.17, 15) is 9.59 Å². The summed E-state index contributed by atoms with van der Waals surface area (Å²) in [5.41, 5.74) is 1.33. The molecule has 0 unspecified atom stereocenters. The third-order valence-electron chi connectivity index (χ3n) is 4.95. The minimum Gasteiger partial charge on any atom is -0.349 e. The van der Waals surface area contributed by atoms with Crippen molar-refractivity contribution in [1.82, 2.24) is 14.7 Å². The summed E-state index contributed by atoms with van der Waals surface area (Å²) in [5, 5.41) is 12.5. The van der Waals surface area contributed by atoms with E-state index in [0.717, 1.165) is 25.7 Å². The van der Waals surface area contributed by atoms with Crippen LogP contribution >= 0.6 is 0 Å². The minimum atomic E-state index is -0.283. The fraction of sp³-hybridized carbons (Fsp3) is 0.300. The van der Waals surface area contributed by atoms with Crippen LogP contribution in [0.1, 0.15) is 48.0 Å². The number of nitriles is 1. The Morgan fingerprint density at radius 1 is 1.23 bits per heavy atom. The van der Waals surface area contributed by atoms with Crippen LogP contribution < -0.4 is 10.9 Å². The summed E-state index contributed by atoms with van der Waals surface area (Å²) >= 11 is 0. The predicted octanol–water partition coefficient (Wildman–Crippen LogP) is 2.78. The van der Waals surface area contributed by atoms with Gasteiger partial charge in [-0.1, -0.05) is 19.3 Å². The summed E-state index contributed by atoms with van der Waals surface area (Å²) in [5.74, 6) is -0.199. The van der Waals surface area contributed by atoms with Crippen LogP contribution in [0.5, 0.6) is 0 Å². The van der Waals surface area contributed by atoms with Gasteiger partial charge in [-0.15, -0.1) is 0 Å². The molecule has 0 spiro atoms. The zero-order chi connectivity index (χ0) is 18.1. The largest absolute Gasteiger partial charge is 0.349 e. The molecule has 26 heavy (non-hydrogen) atoms. The Hall–Kier alpha value is -3.20. The van der Waals surface area contributed by atoms with Crippen LogP contribution in [0.2, 0.25) is 0 Å². The lowest BCUT2D eigenvalue weighted by molar-refractivity contribution is 0.0929. The molecule has 1 aliphatic carbocycles. The first-order valence-electron chi connectivity index (χ1n) is 8.83. The fourth-order valence-corrected chi connectivity index (χ4v) is 3.58. The predicted molar refractivity (Wildman–Crippen MR) is 98.0 cm³/mol. The van der Waals surface area contributed by atoms with E-state index in [2.05, 4.69) is 10.3 Å². The van der Waals surface area contributed by atoms with E-state index in [1.54, 1.807) is 30.5 Å². The Labute approximate surface area is 150 Å². The quantitative estimate of drug-likeness (QED) is 0.723. The average Bonchev–Trinajstić information content (AvgIpc) is 2.68. The summed E-state index contributed by atoms with van der Waals surface area (Å²) in [6.07, 6.45) is 7.05. The number of carbonyl (C=O) groups excluding carboxylic acids is 1. The number of hydrogen-bond acceptors (Lipinski definition) is 4. The summed E-state index contributed by atoms with van der Waals surface area (Å²) in [7, 11) is 0. The summed E-state index contributed by atoms with van der Waals surface area (Å²) < 4.78 is 1.37. The van der Waals surface area contributed by atoms with E-state index in [4.69, 9.17) is 5.26 Å². The Kier molecular flexibility index (Phi) is 4.13. The molecule has 1 aromatic carbocycles. The number of pyridine rings is 1. The summed E-state index contributed by atoms with van der Waals surface area (Å²) in [6.45, 7) is 0. The van der Waals surface area contributed by atoms with Crippen LogP contribution in [0.15, 0.2) is 41.3 Å². The Balaban J connectivity index is 1.82. The molecule has 0 aliphatic heterocycles. The first kappa shape index (κ1) is 16.3. The van der Waals surface area contributed by atoms with Crippen molar-refractivity contribution >= 4 is 22.5 Å².